The predicted octanol–water partition coefficient (Wildman–Crippen LogP) is 2.52. The van der Waals surface area contributed by atoms with Crippen LogP contribution in [-0.2, 0) is 4.74 Å². The van der Waals surface area contributed by atoms with Crippen molar-refractivity contribution < 1.29 is 9.84 Å². The van der Waals surface area contributed by atoms with Crippen LogP contribution in [0.15, 0.2) is 11.1 Å². The molecule has 0 aromatic heterocycles. The molecule has 0 bridgehead atoms. The number of hydrogen-bond donors (Lipinski definition) is 1. The lowest BCUT2D eigenvalue weighted by Gasteiger charge is -2.15. The maximum Gasteiger partial charge on any atom is 0.0641 e. The number of hydrogen-bond acceptors (Lipinski definition) is 2. The second-order valence-corrected chi connectivity index (χ2v) is 3.57. The predicted molar refractivity (Wildman–Crippen MR) is 55.8 cm³/mol. The van der Waals surface area contributed by atoms with Gasteiger partial charge in [0.15, 0.2) is 0 Å². The first kappa shape index (κ1) is 12.7. The molecule has 78 valence electrons. The van der Waals surface area contributed by atoms with Gasteiger partial charge in [-0.25, -0.2) is 0 Å². The largest absolute Gasteiger partial charge is 0.392 e. The molecule has 0 saturated carbocycles. The third-order valence-corrected chi connectivity index (χ3v) is 2.44. The zero-order valence-corrected chi connectivity index (χ0v) is 9.26. The average Bonchev–Trinajstić information content (AvgIpc) is 2.15. The van der Waals surface area contributed by atoms with Gasteiger partial charge in [0.05, 0.1) is 12.7 Å². The first-order valence-electron chi connectivity index (χ1n) is 4.94. The summed E-state index contributed by atoms with van der Waals surface area (Å²) in [4.78, 5) is 0. The molecule has 0 heterocycles. The van der Waals surface area contributed by atoms with Crippen LogP contribution in [0.2, 0.25) is 0 Å². The SMILES string of the molecule is CCCC(C/C(C)=C(\C)CO)OC. The molecular weight excluding hydrogens is 164 g/mol. The van der Waals surface area contributed by atoms with Crippen molar-refractivity contribution in [1.29, 1.82) is 0 Å². The van der Waals surface area contributed by atoms with E-state index in [9.17, 15) is 0 Å². The lowest BCUT2D eigenvalue weighted by Crippen LogP contribution is -2.11. The normalized spacial score (nSPS) is 15.5. The Bertz CT molecular complexity index is 161. The molecule has 1 atom stereocenters. The maximum absolute atomic E-state index is 8.92. The lowest BCUT2D eigenvalue weighted by molar-refractivity contribution is 0.0945. The van der Waals surface area contributed by atoms with Crippen LogP contribution in [0.25, 0.3) is 0 Å². The van der Waals surface area contributed by atoms with Gasteiger partial charge in [-0.3, -0.25) is 0 Å². The highest BCUT2D eigenvalue weighted by Crippen LogP contribution is 2.15. The van der Waals surface area contributed by atoms with Gasteiger partial charge in [-0.2, -0.15) is 0 Å². The van der Waals surface area contributed by atoms with E-state index in [1.807, 2.05) is 6.92 Å². The molecule has 0 aliphatic heterocycles. The third-order valence-electron chi connectivity index (χ3n) is 2.44. The van der Waals surface area contributed by atoms with Crippen molar-refractivity contribution >= 4 is 0 Å². The molecule has 0 fully saturated rings. The van der Waals surface area contributed by atoms with Crippen molar-refractivity contribution in [1.82, 2.24) is 0 Å². The van der Waals surface area contributed by atoms with E-state index in [1.54, 1.807) is 7.11 Å². The molecule has 0 spiro atoms. The van der Waals surface area contributed by atoms with Crippen LogP contribution < -0.4 is 0 Å². The molecule has 0 aliphatic rings. The smallest absolute Gasteiger partial charge is 0.0641 e. The van der Waals surface area contributed by atoms with E-state index in [2.05, 4.69) is 13.8 Å². The van der Waals surface area contributed by atoms with E-state index in [0.29, 0.717) is 6.10 Å². The average molecular weight is 186 g/mol. The minimum atomic E-state index is 0.161. The summed E-state index contributed by atoms with van der Waals surface area (Å²) in [5.41, 5.74) is 2.32. The standard InChI is InChI=1S/C11H22O2/c1-5-6-11(13-4)7-9(2)10(3)8-12/h11-12H,5-8H2,1-4H3/b10-9+. The number of aliphatic hydroxyl groups is 1. The van der Waals surface area contributed by atoms with Crippen LogP contribution in [0.1, 0.15) is 40.0 Å². The fraction of sp³-hybridized carbons (Fsp3) is 0.818. The van der Waals surface area contributed by atoms with E-state index in [1.165, 1.54) is 5.57 Å². The van der Waals surface area contributed by atoms with Crippen LogP contribution in [0.3, 0.4) is 0 Å². The summed E-state index contributed by atoms with van der Waals surface area (Å²) < 4.78 is 5.34. The Labute approximate surface area is 81.6 Å². The second-order valence-electron chi connectivity index (χ2n) is 3.57. The van der Waals surface area contributed by atoms with E-state index in [0.717, 1.165) is 24.8 Å². The molecule has 2 heteroatoms. The highest BCUT2D eigenvalue weighted by Gasteiger charge is 2.07. The minimum Gasteiger partial charge on any atom is -0.392 e. The van der Waals surface area contributed by atoms with Gasteiger partial charge < -0.3 is 9.84 Å². The Kier molecular flexibility index (Phi) is 6.92. The van der Waals surface area contributed by atoms with Gasteiger partial charge in [0, 0.05) is 7.11 Å². The first-order valence-corrected chi connectivity index (χ1v) is 4.94. The van der Waals surface area contributed by atoms with Gasteiger partial charge in [-0.05, 0) is 32.3 Å². The van der Waals surface area contributed by atoms with Crippen molar-refractivity contribution in [3.8, 4) is 0 Å². The highest BCUT2D eigenvalue weighted by molar-refractivity contribution is 5.10. The number of rotatable bonds is 6. The topological polar surface area (TPSA) is 29.5 Å². The van der Waals surface area contributed by atoms with Crippen molar-refractivity contribution in [2.75, 3.05) is 13.7 Å². The molecular formula is C11H22O2. The summed E-state index contributed by atoms with van der Waals surface area (Å²) in [6.45, 7) is 6.35. The van der Waals surface area contributed by atoms with Gasteiger partial charge in [-0.1, -0.05) is 18.9 Å². The maximum atomic E-state index is 8.92. The Morgan fingerprint density at radius 1 is 1.31 bits per heavy atom. The summed E-state index contributed by atoms with van der Waals surface area (Å²) >= 11 is 0. The molecule has 1 unspecified atom stereocenters. The number of aliphatic hydroxyl groups excluding tert-OH is 1. The highest BCUT2D eigenvalue weighted by atomic mass is 16.5. The van der Waals surface area contributed by atoms with Crippen molar-refractivity contribution in [2.45, 2.75) is 46.1 Å². The van der Waals surface area contributed by atoms with E-state index < -0.39 is 0 Å². The summed E-state index contributed by atoms with van der Waals surface area (Å²) in [6.07, 6.45) is 3.49. The molecule has 13 heavy (non-hydrogen) atoms. The molecule has 1 N–H and O–H groups in total. The molecule has 0 aromatic carbocycles. The van der Waals surface area contributed by atoms with Crippen LogP contribution in [0.4, 0.5) is 0 Å². The van der Waals surface area contributed by atoms with Gasteiger partial charge in [0.2, 0.25) is 0 Å². The number of methoxy groups -OCH3 is 1. The van der Waals surface area contributed by atoms with Gasteiger partial charge in [-0.15, -0.1) is 0 Å². The summed E-state index contributed by atoms with van der Waals surface area (Å²) in [7, 11) is 1.75. The molecule has 0 radical (unpaired) electrons. The zero-order chi connectivity index (χ0) is 10.3. The summed E-state index contributed by atoms with van der Waals surface area (Å²) in [5.74, 6) is 0. The lowest BCUT2D eigenvalue weighted by atomic mass is 10.0. The molecule has 0 saturated heterocycles. The number of ether oxygens (including phenoxy) is 1. The summed E-state index contributed by atoms with van der Waals surface area (Å²) in [6, 6.07) is 0. The Morgan fingerprint density at radius 3 is 2.31 bits per heavy atom. The quantitative estimate of drug-likeness (QED) is 0.646. The van der Waals surface area contributed by atoms with Crippen LogP contribution in [0.5, 0.6) is 0 Å². The summed E-state index contributed by atoms with van der Waals surface area (Å²) in [5, 5.41) is 8.92. The first-order chi connectivity index (χ1) is 6.15. The second kappa shape index (κ2) is 7.10. The molecule has 0 rings (SSSR count). The van der Waals surface area contributed by atoms with Crippen LogP contribution in [-0.4, -0.2) is 24.9 Å². The van der Waals surface area contributed by atoms with Crippen molar-refractivity contribution in [2.24, 2.45) is 0 Å². The van der Waals surface area contributed by atoms with E-state index in [-0.39, 0.29) is 6.61 Å². The fourth-order valence-corrected chi connectivity index (χ4v) is 1.28. The zero-order valence-electron chi connectivity index (χ0n) is 9.26. The fourth-order valence-electron chi connectivity index (χ4n) is 1.28. The monoisotopic (exact) mass is 186 g/mol. The molecule has 2 nitrogen and oxygen atoms in total. The van der Waals surface area contributed by atoms with Crippen molar-refractivity contribution in [3.63, 3.8) is 0 Å². The van der Waals surface area contributed by atoms with Crippen molar-refractivity contribution in [3.05, 3.63) is 11.1 Å². The molecule has 0 aromatic rings. The minimum absolute atomic E-state index is 0.161. The Morgan fingerprint density at radius 2 is 1.92 bits per heavy atom. The van der Waals surface area contributed by atoms with Gasteiger partial charge >= 0.3 is 0 Å². The van der Waals surface area contributed by atoms with E-state index in [4.69, 9.17) is 9.84 Å². The van der Waals surface area contributed by atoms with E-state index >= 15 is 0 Å². The Balaban J connectivity index is 4.07. The van der Waals surface area contributed by atoms with Crippen LogP contribution in [0, 0.1) is 0 Å². The van der Waals surface area contributed by atoms with Crippen LogP contribution >= 0.6 is 0 Å². The Hall–Kier alpha value is -0.340. The molecule has 0 aliphatic carbocycles. The molecule has 0 amide bonds. The van der Waals surface area contributed by atoms with Gasteiger partial charge in [0.1, 0.15) is 0 Å². The van der Waals surface area contributed by atoms with Gasteiger partial charge in [0.25, 0.3) is 0 Å². The third kappa shape index (κ3) is 5.06.